The minimum Gasteiger partial charge on any atom is -0.481 e. The molecule has 35 nitrogen and oxygen atoms in total. The van der Waals surface area contributed by atoms with Gasteiger partial charge >= 0.3 is 35.8 Å². The fraction of sp³-hybridized carbons (Fsp3) is 0.603. The zero-order valence-corrected chi connectivity index (χ0v) is 59.2. The lowest BCUT2D eigenvalue weighted by Gasteiger charge is -2.58. The molecule has 564 valence electrons. The van der Waals surface area contributed by atoms with Crippen LogP contribution in [0, 0.1) is 28.6 Å². The van der Waals surface area contributed by atoms with Crippen molar-refractivity contribution >= 4 is 111 Å². The van der Waals surface area contributed by atoms with E-state index in [0.29, 0.717) is 17.0 Å². The number of likely N-dealkylation sites (tertiary alicyclic amines) is 1. The largest absolute Gasteiger partial charge is 0.481 e. The number of carboxylic acid groups (broad SMARTS) is 3. The van der Waals surface area contributed by atoms with Gasteiger partial charge in [-0.3, -0.25) is 72.2 Å². The molecule has 6 aliphatic rings. The molecule has 12 N–H and O–H groups in total. The van der Waals surface area contributed by atoms with E-state index >= 15 is 0 Å². The van der Waals surface area contributed by atoms with Crippen molar-refractivity contribution in [2.24, 2.45) is 34.3 Å². The summed E-state index contributed by atoms with van der Waals surface area (Å²) in [4.78, 5) is 198. The second-order valence-electron chi connectivity index (χ2n) is 27.8. The summed E-state index contributed by atoms with van der Waals surface area (Å²) < 4.78 is 44.7. The van der Waals surface area contributed by atoms with Crippen molar-refractivity contribution in [3.8, 4) is 0 Å². The number of aromatic amines is 1. The summed E-state index contributed by atoms with van der Waals surface area (Å²) >= 11 is 0.724. The number of epoxide rings is 1. The van der Waals surface area contributed by atoms with Crippen LogP contribution in [0.2, 0.25) is 0 Å². The van der Waals surface area contributed by atoms with Gasteiger partial charge in [0, 0.05) is 102 Å². The molecule has 0 radical (unpaired) electrons. The van der Waals surface area contributed by atoms with E-state index in [1.54, 1.807) is 0 Å². The number of methoxy groups -OCH3 is 1. The molecule has 1 aromatic carbocycles. The van der Waals surface area contributed by atoms with Gasteiger partial charge in [0.25, 0.3) is 11.5 Å². The van der Waals surface area contributed by atoms with E-state index in [9.17, 15) is 82.4 Å². The van der Waals surface area contributed by atoms with Gasteiger partial charge in [0.05, 0.1) is 71.5 Å². The minimum atomic E-state index is -1.83. The Morgan fingerprint density at radius 1 is 0.885 bits per heavy atom. The molecule has 3 aromatic rings. The highest BCUT2D eigenvalue weighted by atomic mass is 32.2. The number of ether oxygens (including phenoxy) is 7. The van der Waals surface area contributed by atoms with E-state index in [-0.39, 0.29) is 86.9 Å². The van der Waals surface area contributed by atoms with Crippen LogP contribution < -0.4 is 38.3 Å². The van der Waals surface area contributed by atoms with Gasteiger partial charge in [0.1, 0.15) is 55.0 Å². The number of hydrogen-bond acceptors (Lipinski definition) is 28. The van der Waals surface area contributed by atoms with Crippen LogP contribution in [-0.2, 0) is 97.2 Å². The number of rotatable bonds is 35. The van der Waals surface area contributed by atoms with Crippen LogP contribution in [0.1, 0.15) is 135 Å². The topological polar surface area (TPSA) is 525 Å². The van der Waals surface area contributed by atoms with Gasteiger partial charge in [-0.2, -0.15) is 4.98 Å². The molecule has 104 heavy (non-hydrogen) atoms. The number of ketones is 2. The summed E-state index contributed by atoms with van der Waals surface area (Å²) in [5.41, 5.74) is 9.03. The van der Waals surface area contributed by atoms with Gasteiger partial charge in [-0.05, 0) is 61.9 Å². The van der Waals surface area contributed by atoms with Crippen molar-refractivity contribution < 1.29 is 111 Å². The first-order valence-corrected chi connectivity index (χ1v) is 35.0. The second-order valence-corrected chi connectivity index (χ2v) is 29.0. The normalized spacial score (nSPS) is 27.1. The molecule has 13 atom stereocenters. The third-order valence-corrected chi connectivity index (χ3v) is 21.6. The molecule has 2 saturated carbocycles. The predicted octanol–water partition coefficient (Wildman–Crippen LogP) is 1.02. The number of nitrogens with zero attached hydrogens (tertiary/aromatic N) is 4. The van der Waals surface area contributed by atoms with E-state index in [1.807, 2.05) is 33.8 Å². The molecule has 3 aliphatic heterocycles. The standard InChI is InChI=1S/C68H87N11O24S/c1-32(2)18-52(88)101-46-24-66(30-98-34(4)80)48(19-33(46)3)102-56-54(55(100-35(5)81)65(66,6)68(56)31-99-68)103-67(97-7)16-14-40(15-17-67)73-49(84)28-79-50(85)23-47(61(79)92)104-29-38(62(93)94)21-45(83)44(22-51(86)87)76-59(90)37(25-69)20-42(82)12-13-43(63(95)96)75-58(89)36-8-10-39(11-9-36)71-26-41-27-72-57-53(74-41)60(91)78-64(70)77-57/h8-11,19,27,32,37-38,40,43-44,46-48,54-56,71H,12-18,20-26,28-31,69H2,1-7H3,(H,73,84)(H,75,89)(H,76,90)(H,86,87)(H,93,94)(H,95,96)(H3,70,72,77,78,91)/t37-,38+,40?,43+,44+,46-,47?,48+,54+,55+,56+,65+,66+,67?,68-/m0/s1. The van der Waals surface area contributed by atoms with Crippen LogP contribution in [0.15, 0.2) is 46.9 Å². The number of Topliss-reactive ketones (excluding diaryl/α,β-unsaturated/α-hetero) is 2. The first-order valence-electron chi connectivity index (χ1n) is 34.0. The zero-order chi connectivity index (χ0) is 75.9. The van der Waals surface area contributed by atoms with Crippen molar-refractivity contribution in [1.29, 1.82) is 0 Å². The molecule has 2 aromatic heterocycles. The first kappa shape index (κ1) is 78.8. The summed E-state index contributed by atoms with van der Waals surface area (Å²) in [6, 6.07) is 1.92. The Labute approximate surface area is 599 Å². The van der Waals surface area contributed by atoms with Crippen LogP contribution in [-0.4, -0.2) is 222 Å². The Morgan fingerprint density at radius 2 is 1.59 bits per heavy atom. The number of thioether (sulfide) groups is 1. The van der Waals surface area contributed by atoms with Crippen molar-refractivity contribution in [1.82, 2.24) is 40.8 Å². The number of esters is 3. The van der Waals surface area contributed by atoms with Crippen LogP contribution in [0.4, 0.5) is 11.6 Å². The highest BCUT2D eigenvalue weighted by molar-refractivity contribution is 8.00. The van der Waals surface area contributed by atoms with E-state index in [0.717, 1.165) is 16.7 Å². The highest BCUT2D eigenvalue weighted by Gasteiger charge is 2.87. The lowest BCUT2D eigenvalue weighted by Crippen LogP contribution is -2.68. The lowest BCUT2D eigenvalue weighted by atomic mass is 9.51. The molecule has 3 saturated heterocycles. The van der Waals surface area contributed by atoms with Gasteiger partial charge < -0.3 is 81.2 Å². The van der Waals surface area contributed by atoms with E-state index in [1.165, 1.54) is 51.4 Å². The van der Waals surface area contributed by atoms with E-state index < -0.39 is 228 Å². The number of carbonyl (C=O) groups excluding carboxylic acids is 10. The SMILES string of the molecule is COC1(O[C@@H]2[C@@H](OC(C)=O)[C@]3(C)[C@@]4(COC(C)=O)C[C@H](OC(=O)CC(C)C)C(C)=C[C@H]4O[C@H]2[C@@]32CO2)CCC(NC(=O)CN2C(=O)CC(SC[C@@H](CC(=O)[C@@H](CC(=O)O)NC(=O)[C@H](CN)CC(=O)CC[C@@H](NC(=O)c3ccc(NCc4cnc5nc(N)[nH]c(=O)c5n4)cc3)C(=O)O)C(=O)O)C2=O)CC1. The number of fused-ring (bicyclic) bond motifs is 3. The molecule has 5 amide bonds. The Hall–Kier alpha value is -9.36. The molecule has 9 rings (SSSR count). The maximum atomic E-state index is 13.7. The lowest BCUT2D eigenvalue weighted by molar-refractivity contribution is -0.288. The van der Waals surface area contributed by atoms with Crippen molar-refractivity contribution in [2.75, 3.05) is 50.2 Å². The molecular formula is C68H87N11O24S. The van der Waals surface area contributed by atoms with Crippen molar-refractivity contribution in [3.63, 3.8) is 0 Å². The quantitative estimate of drug-likeness (QED) is 0.00981. The number of nitrogens with two attached hydrogens (primary N) is 2. The number of anilines is 2. The molecule has 2 bridgehead atoms. The molecule has 1 unspecified atom stereocenters. The third-order valence-electron chi connectivity index (χ3n) is 20.2. The maximum absolute atomic E-state index is 13.7. The van der Waals surface area contributed by atoms with Crippen LogP contribution in [0.3, 0.4) is 0 Å². The van der Waals surface area contributed by atoms with E-state index in [2.05, 4.69) is 41.2 Å². The Bertz CT molecular complexity index is 3950. The van der Waals surface area contributed by atoms with Crippen LogP contribution in [0.5, 0.6) is 0 Å². The molecule has 36 heteroatoms. The molecule has 3 aliphatic carbocycles. The number of hydrogen-bond donors (Lipinski definition) is 10. The van der Waals surface area contributed by atoms with Crippen molar-refractivity contribution in [2.45, 2.75) is 190 Å². The van der Waals surface area contributed by atoms with Crippen LogP contribution >= 0.6 is 11.8 Å². The average molecular weight is 1470 g/mol. The third kappa shape index (κ3) is 17.5. The fourth-order valence-corrected chi connectivity index (χ4v) is 15.8. The van der Waals surface area contributed by atoms with Crippen molar-refractivity contribution in [3.05, 3.63) is 63.7 Å². The smallest absolute Gasteiger partial charge is 0.326 e. The highest BCUT2D eigenvalue weighted by Crippen LogP contribution is 2.73. The number of benzene rings is 1. The summed E-state index contributed by atoms with van der Waals surface area (Å²) in [6.07, 6.45) is -3.90. The molecular weight excluding hydrogens is 1390 g/mol. The van der Waals surface area contributed by atoms with Gasteiger partial charge in [0.2, 0.25) is 29.6 Å². The number of carbonyl (C=O) groups is 13. The summed E-state index contributed by atoms with van der Waals surface area (Å²) in [7, 11) is 1.45. The number of nitrogen functional groups attached to an aromatic ring is 1. The number of aromatic nitrogens is 4. The predicted molar refractivity (Wildman–Crippen MR) is 362 cm³/mol. The maximum Gasteiger partial charge on any atom is 0.326 e. The summed E-state index contributed by atoms with van der Waals surface area (Å²) in [5.74, 6) is -16.9. The fourth-order valence-electron chi connectivity index (χ4n) is 14.5. The molecule has 5 fully saturated rings. The zero-order valence-electron chi connectivity index (χ0n) is 58.4. The minimum absolute atomic E-state index is 0.0144. The average Bonchev–Trinajstić information content (AvgIpc) is 1.47. The summed E-state index contributed by atoms with van der Waals surface area (Å²) in [6.45, 7) is 8.91. The Kier molecular flexibility index (Phi) is 24.8. The number of H-pyrrole nitrogens is 1. The Balaban J connectivity index is 0.738. The number of amides is 5. The monoisotopic (exact) mass is 1470 g/mol. The molecule has 1 spiro atoms. The van der Waals surface area contributed by atoms with Gasteiger partial charge in [-0.15, -0.1) is 11.8 Å². The number of aliphatic carboxylic acids is 3. The first-order chi connectivity index (χ1) is 49.1. The number of imide groups is 1. The van der Waals surface area contributed by atoms with E-state index in [4.69, 9.17) is 44.6 Å². The molecule has 5 heterocycles. The second kappa shape index (κ2) is 32.8. The van der Waals surface area contributed by atoms with Gasteiger partial charge in [0.15, 0.2) is 22.7 Å². The van der Waals surface area contributed by atoms with Crippen LogP contribution in [0.25, 0.3) is 11.2 Å². The summed E-state index contributed by atoms with van der Waals surface area (Å²) in [5, 5.41) is 39.2. The van der Waals surface area contributed by atoms with Gasteiger partial charge in [-0.25, -0.2) is 14.8 Å². The number of nitrogens with one attached hydrogen (secondary N) is 5. The number of carboxylic acids is 3. The Morgan fingerprint density at radius 3 is 2.20 bits per heavy atom. The van der Waals surface area contributed by atoms with Gasteiger partial charge in [-0.1, -0.05) is 26.8 Å².